The molecule has 0 amide bonds. The Balaban J connectivity index is 2.42. The maximum absolute atomic E-state index is 4.50. The minimum Gasteiger partial charge on any atom is -0.270 e. The molecule has 0 aliphatic carbocycles. The first kappa shape index (κ1) is 9.90. The third-order valence-corrected chi connectivity index (χ3v) is 2.39. The maximum Gasteiger partial charge on any atom is 0.111 e. The number of aromatic nitrogens is 3. The molecule has 0 unspecified atom stereocenters. The Morgan fingerprint density at radius 2 is 2.07 bits per heavy atom. The van der Waals surface area contributed by atoms with Crippen LogP contribution >= 0.6 is 0 Å². The average Bonchev–Trinajstić information content (AvgIpc) is 2.67. The van der Waals surface area contributed by atoms with Crippen LogP contribution in [0.25, 0.3) is 11.4 Å². The molecule has 3 nitrogen and oxygen atoms in total. The van der Waals surface area contributed by atoms with Gasteiger partial charge in [-0.15, -0.1) is 0 Å². The lowest BCUT2D eigenvalue weighted by atomic mass is 10.2. The van der Waals surface area contributed by atoms with E-state index >= 15 is 0 Å². The van der Waals surface area contributed by atoms with Crippen molar-refractivity contribution in [2.24, 2.45) is 0 Å². The highest BCUT2D eigenvalue weighted by molar-refractivity contribution is 5.57. The third-order valence-electron chi connectivity index (χ3n) is 2.39. The second-order valence-electron chi connectivity index (χ2n) is 3.94. The predicted molar refractivity (Wildman–Crippen MR) is 60.6 cm³/mol. The van der Waals surface area contributed by atoms with E-state index in [1.807, 2.05) is 23.0 Å². The molecule has 2 aromatic rings. The Bertz CT molecular complexity index is 457. The lowest BCUT2D eigenvalue weighted by Gasteiger charge is -2.04. The molecule has 0 atom stereocenters. The van der Waals surface area contributed by atoms with Crippen molar-refractivity contribution in [3.05, 3.63) is 36.2 Å². The minimum absolute atomic E-state index is 0.391. The quantitative estimate of drug-likeness (QED) is 0.748. The molecule has 15 heavy (non-hydrogen) atoms. The van der Waals surface area contributed by atoms with Gasteiger partial charge in [-0.2, -0.15) is 5.10 Å². The topological polar surface area (TPSA) is 30.7 Å². The zero-order chi connectivity index (χ0) is 10.8. The summed E-state index contributed by atoms with van der Waals surface area (Å²) in [5.74, 6) is 0. The lowest BCUT2D eigenvalue weighted by Crippen LogP contribution is -2.01. The van der Waals surface area contributed by atoms with Gasteiger partial charge in [0.15, 0.2) is 0 Å². The van der Waals surface area contributed by atoms with Crippen LogP contribution in [0.3, 0.4) is 0 Å². The summed E-state index contributed by atoms with van der Waals surface area (Å²) in [5, 5.41) is 4.50. The zero-order valence-corrected chi connectivity index (χ0v) is 9.31. The van der Waals surface area contributed by atoms with Gasteiger partial charge in [0, 0.05) is 18.4 Å². The Labute approximate surface area is 89.8 Å². The van der Waals surface area contributed by atoms with E-state index in [2.05, 4.69) is 36.9 Å². The summed E-state index contributed by atoms with van der Waals surface area (Å²) in [6.07, 6.45) is 3.80. The summed E-state index contributed by atoms with van der Waals surface area (Å²) in [4.78, 5) is 4.35. The smallest absolute Gasteiger partial charge is 0.111 e. The van der Waals surface area contributed by atoms with Gasteiger partial charge in [0.1, 0.15) is 5.69 Å². The zero-order valence-electron chi connectivity index (χ0n) is 9.31. The normalized spacial score (nSPS) is 10.9. The molecule has 0 N–H and O–H groups in total. The molecule has 0 aromatic carbocycles. The molecule has 2 rings (SSSR count). The van der Waals surface area contributed by atoms with Gasteiger partial charge in [0.05, 0.1) is 5.69 Å². The van der Waals surface area contributed by atoms with Crippen LogP contribution in [0, 0.1) is 6.92 Å². The molecule has 0 bridgehead atoms. The maximum atomic E-state index is 4.50. The van der Waals surface area contributed by atoms with Gasteiger partial charge >= 0.3 is 0 Å². The minimum atomic E-state index is 0.391. The van der Waals surface area contributed by atoms with Crippen LogP contribution in [-0.2, 0) is 0 Å². The van der Waals surface area contributed by atoms with Crippen LogP contribution in [0.2, 0.25) is 0 Å². The Hall–Kier alpha value is -1.64. The molecular formula is C12H15N3. The lowest BCUT2D eigenvalue weighted by molar-refractivity contribution is 0.534. The summed E-state index contributed by atoms with van der Waals surface area (Å²) < 4.78 is 1.95. The third kappa shape index (κ3) is 1.91. The van der Waals surface area contributed by atoms with E-state index in [4.69, 9.17) is 0 Å². The van der Waals surface area contributed by atoms with E-state index in [0.717, 1.165) is 17.0 Å². The van der Waals surface area contributed by atoms with Crippen LogP contribution in [0.15, 0.2) is 30.6 Å². The summed E-state index contributed by atoms with van der Waals surface area (Å²) in [7, 11) is 0. The molecule has 2 aromatic heterocycles. The molecule has 0 aliphatic rings. The fourth-order valence-corrected chi connectivity index (χ4v) is 1.51. The molecule has 0 spiro atoms. The van der Waals surface area contributed by atoms with Crippen LogP contribution in [0.5, 0.6) is 0 Å². The fraction of sp³-hybridized carbons (Fsp3) is 0.333. The summed E-state index contributed by atoms with van der Waals surface area (Å²) in [6.45, 7) is 6.28. The molecule has 0 aliphatic heterocycles. The van der Waals surface area contributed by atoms with E-state index in [0.29, 0.717) is 6.04 Å². The van der Waals surface area contributed by atoms with E-state index in [1.165, 1.54) is 0 Å². The van der Waals surface area contributed by atoms with Gasteiger partial charge in [-0.1, -0.05) is 6.07 Å². The molecule has 3 heteroatoms. The van der Waals surface area contributed by atoms with Crippen molar-refractivity contribution in [3.8, 4) is 11.4 Å². The van der Waals surface area contributed by atoms with E-state index in [-0.39, 0.29) is 0 Å². The van der Waals surface area contributed by atoms with Crippen molar-refractivity contribution in [2.45, 2.75) is 26.8 Å². The average molecular weight is 201 g/mol. The van der Waals surface area contributed by atoms with Gasteiger partial charge in [-0.25, -0.2) is 0 Å². The van der Waals surface area contributed by atoms with Crippen molar-refractivity contribution < 1.29 is 0 Å². The summed E-state index contributed by atoms with van der Waals surface area (Å²) in [6, 6.07) is 6.40. The van der Waals surface area contributed by atoms with Crippen molar-refractivity contribution in [3.63, 3.8) is 0 Å². The van der Waals surface area contributed by atoms with Crippen molar-refractivity contribution in [2.75, 3.05) is 0 Å². The van der Waals surface area contributed by atoms with E-state index in [1.54, 1.807) is 6.20 Å². The number of rotatable bonds is 2. The van der Waals surface area contributed by atoms with E-state index in [9.17, 15) is 0 Å². The highest BCUT2D eigenvalue weighted by Gasteiger charge is 2.07. The molecule has 78 valence electrons. The van der Waals surface area contributed by atoms with Gasteiger partial charge in [0.2, 0.25) is 0 Å². The molecular weight excluding hydrogens is 186 g/mol. The Kier molecular flexibility index (Phi) is 2.54. The highest BCUT2D eigenvalue weighted by Crippen LogP contribution is 2.18. The molecule has 0 saturated carbocycles. The highest BCUT2D eigenvalue weighted by atomic mass is 15.3. The Morgan fingerprint density at radius 1 is 1.27 bits per heavy atom. The number of aryl methyl sites for hydroxylation is 1. The standard InChI is InChI=1S/C12H15N3/c1-9(2)15-8-6-11(14-15)12-10(3)5-4-7-13-12/h4-9H,1-3H3. The monoisotopic (exact) mass is 201 g/mol. The molecule has 0 radical (unpaired) electrons. The van der Waals surface area contributed by atoms with Crippen molar-refractivity contribution >= 4 is 0 Å². The summed E-state index contributed by atoms with van der Waals surface area (Å²) in [5.41, 5.74) is 3.07. The van der Waals surface area contributed by atoms with Crippen LogP contribution in [0.4, 0.5) is 0 Å². The second-order valence-corrected chi connectivity index (χ2v) is 3.94. The number of hydrogen-bond donors (Lipinski definition) is 0. The van der Waals surface area contributed by atoms with Gasteiger partial charge in [-0.05, 0) is 38.5 Å². The van der Waals surface area contributed by atoms with Gasteiger partial charge < -0.3 is 0 Å². The first-order chi connectivity index (χ1) is 7.18. The predicted octanol–water partition coefficient (Wildman–Crippen LogP) is 2.83. The first-order valence-corrected chi connectivity index (χ1v) is 5.15. The molecule has 0 saturated heterocycles. The van der Waals surface area contributed by atoms with Crippen LogP contribution in [-0.4, -0.2) is 14.8 Å². The van der Waals surface area contributed by atoms with Gasteiger partial charge in [-0.3, -0.25) is 9.67 Å². The second kappa shape index (κ2) is 3.85. The largest absolute Gasteiger partial charge is 0.270 e. The Morgan fingerprint density at radius 3 is 2.67 bits per heavy atom. The van der Waals surface area contributed by atoms with Crippen molar-refractivity contribution in [1.82, 2.24) is 14.8 Å². The van der Waals surface area contributed by atoms with E-state index < -0.39 is 0 Å². The van der Waals surface area contributed by atoms with Crippen LogP contribution in [0.1, 0.15) is 25.5 Å². The fourth-order valence-electron chi connectivity index (χ4n) is 1.51. The number of nitrogens with zero attached hydrogens (tertiary/aromatic N) is 3. The number of pyridine rings is 1. The van der Waals surface area contributed by atoms with Crippen LogP contribution < -0.4 is 0 Å². The van der Waals surface area contributed by atoms with Gasteiger partial charge in [0.25, 0.3) is 0 Å². The number of hydrogen-bond acceptors (Lipinski definition) is 2. The molecule has 2 heterocycles. The SMILES string of the molecule is Cc1cccnc1-c1ccn(C(C)C)n1. The van der Waals surface area contributed by atoms with Crippen molar-refractivity contribution in [1.29, 1.82) is 0 Å². The summed E-state index contributed by atoms with van der Waals surface area (Å²) >= 11 is 0. The first-order valence-electron chi connectivity index (χ1n) is 5.15. The molecule has 0 fully saturated rings.